The lowest BCUT2D eigenvalue weighted by molar-refractivity contribution is 0.378. The summed E-state index contributed by atoms with van der Waals surface area (Å²) in [6.45, 7) is 0.175. The molecule has 1 aromatic carbocycles. The normalized spacial score (nSPS) is 10.8. The highest BCUT2D eigenvalue weighted by Gasteiger charge is 2.15. The largest absolute Gasteiger partial charge is 0.442 e. The van der Waals surface area contributed by atoms with E-state index in [1.54, 1.807) is 30.6 Å². The molecule has 21 heavy (non-hydrogen) atoms. The van der Waals surface area contributed by atoms with E-state index in [-0.39, 0.29) is 24.0 Å². The summed E-state index contributed by atoms with van der Waals surface area (Å²) in [7, 11) is 0. The monoisotopic (exact) mass is 350 g/mol. The molecule has 6 nitrogen and oxygen atoms in total. The molecule has 0 amide bonds. The van der Waals surface area contributed by atoms with Crippen molar-refractivity contribution in [3.8, 4) is 11.6 Å². The van der Waals surface area contributed by atoms with Crippen molar-refractivity contribution in [3.05, 3.63) is 63.1 Å². The maximum absolute atomic E-state index is 13.2. The summed E-state index contributed by atoms with van der Waals surface area (Å²) in [4.78, 5) is 19.8. The van der Waals surface area contributed by atoms with E-state index >= 15 is 0 Å². The van der Waals surface area contributed by atoms with Gasteiger partial charge in [-0.3, -0.25) is 4.52 Å². The van der Waals surface area contributed by atoms with Crippen LogP contribution < -0.4 is 5.76 Å². The number of rotatable bonds is 3. The van der Waals surface area contributed by atoms with E-state index in [1.165, 1.54) is 10.6 Å². The first-order valence-electron chi connectivity index (χ1n) is 5.93. The summed E-state index contributed by atoms with van der Waals surface area (Å²) in [6, 6.07) is 6.14. The van der Waals surface area contributed by atoms with Gasteiger partial charge in [0.2, 0.25) is 5.82 Å². The van der Waals surface area contributed by atoms with Crippen molar-refractivity contribution in [2.45, 2.75) is 6.54 Å². The molecule has 3 aromatic rings. The predicted molar refractivity (Wildman–Crippen MR) is 75.0 cm³/mol. The number of hydrogen-bond donors (Lipinski definition) is 0. The third-order valence-corrected chi connectivity index (χ3v) is 3.38. The Kier molecular flexibility index (Phi) is 3.61. The summed E-state index contributed by atoms with van der Waals surface area (Å²) >= 11 is 3.11. The van der Waals surface area contributed by atoms with Gasteiger partial charge in [-0.05, 0) is 39.7 Å². The first kappa shape index (κ1) is 13.6. The molecular formula is C13H8BrFN4O2. The Morgan fingerprint density at radius 3 is 2.76 bits per heavy atom. The Balaban J connectivity index is 2.01. The third kappa shape index (κ3) is 2.75. The molecule has 0 aliphatic carbocycles. The Morgan fingerprint density at radius 2 is 2.05 bits per heavy atom. The van der Waals surface area contributed by atoms with Crippen molar-refractivity contribution in [1.29, 1.82) is 0 Å². The molecule has 2 heterocycles. The summed E-state index contributed by atoms with van der Waals surface area (Å²) in [6.07, 6.45) is 3.08. The van der Waals surface area contributed by atoms with Crippen LogP contribution in [-0.2, 0) is 6.54 Å². The van der Waals surface area contributed by atoms with Gasteiger partial charge in [0.05, 0.1) is 11.0 Å². The maximum atomic E-state index is 13.2. The minimum Gasteiger partial charge on any atom is -0.295 e. The molecular weight excluding hydrogens is 343 g/mol. The van der Waals surface area contributed by atoms with Gasteiger partial charge in [-0.25, -0.2) is 23.7 Å². The summed E-state index contributed by atoms with van der Waals surface area (Å²) in [5.74, 6) is -0.494. The van der Waals surface area contributed by atoms with Gasteiger partial charge >= 0.3 is 5.76 Å². The standard InChI is InChI=1S/C13H8BrFN4O2/c14-9-6-8(2-3-10(9)15)7-19-12(18-21-13(19)20)11-16-4-1-5-17-11/h1-6H,7H2. The van der Waals surface area contributed by atoms with Crippen LogP contribution in [0.2, 0.25) is 0 Å². The first-order valence-corrected chi connectivity index (χ1v) is 6.72. The highest BCUT2D eigenvalue weighted by atomic mass is 79.9. The second-order valence-corrected chi connectivity index (χ2v) is 5.03. The Bertz CT molecular complexity index is 832. The van der Waals surface area contributed by atoms with Gasteiger partial charge < -0.3 is 0 Å². The van der Waals surface area contributed by atoms with E-state index in [4.69, 9.17) is 0 Å². The van der Waals surface area contributed by atoms with E-state index in [0.717, 1.165) is 0 Å². The second-order valence-electron chi connectivity index (χ2n) is 4.18. The summed E-state index contributed by atoms with van der Waals surface area (Å²) in [5, 5.41) is 3.69. The summed E-state index contributed by atoms with van der Waals surface area (Å²) < 4.78 is 19.5. The fourth-order valence-corrected chi connectivity index (χ4v) is 2.23. The van der Waals surface area contributed by atoms with Gasteiger partial charge in [-0.2, -0.15) is 0 Å². The van der Waals surface area contributed by atoms with Crippen LogP contribution in [0.5, 0.6) is 0 Å². The quantitative estimate of drug-likeness (QED) is 0.724. The van der Waals surface area contributed by atoms with Crippen LogP contribution in [0, 0.1) is 5.82 Å². The molecule has 3 rings (SSSR count). The van der Waals surface area contributed by atoms with Crippen molar-refractivity contribution < 1.29 is 8.91 Å². The van der Waals surface area contributed by atoms with E-state index in [9.17, 15) is 9.18 Å². The zero-order valence-electron chi connectivity index (χ0n) is 10.5. The number of halogens is 2. The van der Waals surface area contributed by atoms with Crippen molar-refractivity contribution in [2.75, 3.05) is 0 Å². The van der Waals surface area contributed by atoms with Crippen LogP contribution in [0.25, 0.3) is 11.6 Å². The Morgan fingerprint density at radius 1 is 1.29 bits per heavy atom. The maximum Gasteiger partial charge on any atom is 0.442 e. The van der Waals surface area contributed by atoms with E-state index in [2.05, 4.69) is 35.6 Å². The summed E-state index contributed by atoms with van der Waals surface area (Å²) in [5.41, 5.74) is 0.714. The van der Waals surface area contributed by atoms with Gasteiger partial charge in [0.25, 0.3) is 0 Å². The highest BCUT2D eigenvalue weighted by molar-refractivity contribution is 9.10. The third-order valence-electron chi connectivity index (χ3n) is 2.78. The highest BCUT2D eigenvalue weighted by Crippen LogP contribution is 2.18. The molecule has 0 radical (unpaired) electrons. The zero-order valence-corrected chi connectivity index (χ0v) is 12.1. The van der Waals surface area contributed by atoms with Crippen molar-refractivity contribution in [2.24, 2.45) is 0 Å². The number of hydrogen-bond acceptors (Lipinski definition) is 5. The fourth-order valence-electron chi connectivity index (χ4n) is 1.80. The SMILES string of the molecule is O=c1onc(-c2ncccn2)n1Cc1ccc(F)c(Br)c1. The molecule has 0 saturated carbocycles. The van der Waals surface area contributed by atoms with Gasteiger partial charge in [0, 0.05) is 12.4 Å². The van der Waals surface area contributed by atoms with Gasteiger partial charge in [0.15, 0.2) is 5.82 Å². The molecule has 0 saturated heterocycles. The Labute approximate surface area is 126 Å². The molecule has 0 unspecified atom stereocenters. The van der Waals surface area contributed by atoms with Crippen molar-refractivity contribution in [3.63, 3.8) is 0 Å². The average Bonchev–Trinajstić information content (AvgIpc) is 2.85. The number of nitrogens with zero attached hydrogens (tertiary/aromatic N) is 4. The topological polar surface area (TPSA) is 73.8 Å². The van der Waals surface area contributed by atoms with Crippen LogP contribution in [0.4, 0.5) is 4.39 Å². The van der Waals surface area contributed by atoms with Crippen LogP contribution in [0.1, 0.15) is 5.56 Å². The molecule has 0 aliphatic heterocycles. The van der Waals surface area contributed by atoms with Gasteiger partial charge in [0.1, 0.15) is 5.82 Å². The molecule has 8 heteroatoms. The lowest BCUT2D eigenvalue weighted by Gasteiger charge is -2.04. The minimum absolute atomic E-state index is 0.175. The lowest BCUT2D eigenvalue weighted by atomic mass is 10.2. The minimum atomic E-state index is -0.627. The van der Waals surface area contributed by atoms with E-state index in [1.807, 2.05) is 0 Å². The molecule has 0 bridgehead atoms. The zero-order chi connectivity index (χ0) is 14.8. The van der Waals surface area contributed by atoms with Gasteiger partial charge in [-0.1, -0.05) is 11.2 Å². The van der Waals surface area contributed by atoms with Crippen LogP contribution in [-0.4, -0.2) is 19.7 Å². The van der Waals surface area contributed by atoms with Crippen LogP contribution >= 0.6 is 15.9 Å². The van der Waals surface area contributed by atoms with Crippen molar-refractivity contribution in [1.82, 2.24) is 19.7 Å². The number of benzene rings is 1. The van der Waals surface area contributed by atoms with Gasteiger partial charge in [-0.15, -0.1) is 0 Å². The smallest absolute Gasteiger partial charge is 0.295 e. The van der Waals surface area contributed by atoms with Crippen molar-refractivity contribution >= 4 is 15.9 Å². The lowest BCUT2D eigenvalue weighted by Crippen LogP contribution is -2.17. The van der Waals surface area contributed by atoms with E-state index in [0.29, 0.717) is 10.0 Å². The second kappa shape index (κ2) is 5.57. The fraction of sp³-hybridized carbons (Fsp3) is 0.0769. The molecule has 0 N–H and O–H groups in total. The van der Waals surface area contributed by atoms with Crippen LogP contribution in [0.3, 0.4) is 0 Å². The molecule has 0 spiro atoms. The molecule has 0 aliphatic rings. The molecule has 0 atom stereocenters. The first-order chi connectivity index (χ1) is 10.1. The predicted octanol–water partition coefficient (Wildman–Crippen LogP) is 2.24. The van der Waals surface area contributed by atoms with E-state index < -0.39 is 5.76 Å². The molecule has 106 valence electrons. The molecule has 0 fully saturated rings. The molecule has 2 aromatic heterocycles. The number of aromatic nitrogens is 4. The average molecular weight is 351 g/mol. The van der Waals surface area contributed by atoms with Crippen LogP contribution in [0.15, 0.2) is 50.4 Å². The Hall–Kier alpha value is -2.35.